The van der Waals surface area contributed by atoms with Crippen LogP contribution >= 0.6 is 0 Å². The number of carboxylic acid groups (broad SMARTS) is 1. The minimum atomic E-state index is -2.59. The Balaban J connectivity index is 2.81. The summed E-state index contributed by atoms with van der Waals surface area (Å²) in [6.07, 6.45) is -2.57. The molecule has 5 heteroatoms. The van der Waals surface area contributed by atoms with Crippen molar-refractivity contribution in [2.45, 2.75) is 25.3 Å². The van der Waals surface area contributed by atoms with Crippen molar-refractivity contribution in [3.8, 4) is 0 Å². The van der Waals surface area contributed by atoms with E-state index in [0.717, 1.165) is 0 Å². The summed E-state index contributed by atoms with van der Waals surface area (Å²) in [7, 11) is 0. The van der Waals surface area contributed by atoms with Crippen LogP contribution in [-0.2, 0) is 4.79 Å². The number of hydrogen-bond donors (Lipinski definition) is 2. The highest BCUT2D eigenvalue weighted by molar-refractivity contribution is 5.66. The largest absolute Gasteiger partial charge is 0.481 e. The maximum Gasteiger partial charge on any atom is 0.303 e. The van der Waals surface area contributed by atoms with Crippen molar-refractivity contribution in [1.29, 1.82) is 0 Å². The number of nitrogens with two attached hydrogens (primary N) is 1. The van der Waals surface area contributed by atoms with E-state index in [1.54, 1.807) is 6.07 Å². The van der Waals surface area contributed by atoms with E-state index in [2.05, 4.69) is 0 Å². The Hall–Kier alpha value is -1.49. The molecule has 1 aromatic carbocycles. The van der Waals surface area contributed by atoms with Crippen LogP contribution in [0.2, 0.25) is 0 Å². The lowest BCUT2D eigenvalue weighted by Gasteiger charge is -2.15. The first-order valence-corrected chi connectivity index (χ1v) is 4.86. The van der Waals surface area contributed by atoms with Gasteiger partial charge in [-0.15, -0.1) is 0 Å². The van der Waals surface area contributed by atoms with E-state index in [-0.39, 0.29) is 18.4 Å². The van der Waals surface area contributed by atoms with Gasteiger partial charge >= 0.3 is 5.97 Å². The first-order chi connectivity index (χ1) is 7.52. The molecule has 1 rings (SSSR count). The number of benzene rings is 1. The summed E-state index contributed by atoms with van der Waals surface area (Å²) in [4.78, 5) is 10.4. The minimum absolute atomic E-state index is 0.125. The standard InChI is InChI=1S/C11H13F2NO2/c12-11(13)8-4-2-1-3-7(8)9(14)5-6-10(15)16/h1-4,9,11H,5-6,14H2,(H,15,16). The summed E-state index contributed by atoms with van der Waals surface area (Å²) in [6.45, 7) is 0. The van der Waals surface area contributed by atoms with Gasteiger partial charge in [-0.05, 0) is 12.0 Å². The molecule has 0 heterocycles. The van der Waals surface area contributed by atoms with Crippen molar-refractivity contribution in [3.05, 3.63) is 35.4 Å². The van der Waals surface area contributed by atoms with Crippen LogP contribution in [0.5, 0.6) is 0 Å². The fourth-order valence-electron chi connectivity index (χ4n) is 1.48. The average Bonchev–Trinajstić information content (AvgIpc) is 2.25. The number of rotatable bonds is 5. The second kappa shape index (κ2) is 5.55. The molecule has 0 radical (unpaired) electrons. The molecule has 0 saturated heterocycles. The normalized spacial score (nSPS) is 12.8. The molecule has 0 amide bonds. The summed E-state index contributed by atoms with van der Waals surface area (Å²) < 4.78 is 25.2. The van der Waals surface area contributed by atoms with Gasteiger partial charge in [0.15, 0.2) is 0 Å². The summed E-state index contributed by atoms with van der Waals surface area (Å²) in [5.41, 5.74) is 5.88. The van der Waals surface area contributed by atoms with Crippen LogP contribution in [0.25, 0.3) is 0 Å². The highest BCUT2D eigenvalue weighted by Crippen LogP contribution is 2.28. The molecule has 16 heavy (non-hydrogen) atoms. The molecule has 1 unspecified atom stereocenters. The predicted molar refractivity (Wildman–Crippen MR) is 55.2 cm³/mol. The molecule has 1 aromatic rings. The van der Waals surface area contributed by atoms with Crippen LogP contribution in [0.4, 0.5) is 8.78 Å². The molecule has 88 valence electrons. The van der Waals surface area contributed by atoms with Crippen LogP contribution in [0, 0.1) is 0 Å². The maximum absolute atomic E-state index is 12.6. The number of carboxylic acids is 1. The number of hydrogen-bond acceptors (Lipinski definition) is 2. The molecule has 0 bridgehead atoms. The van der Waals surface area contributed by atoms with Crippen molar-refractivity contribution in [1.82, 2.24) is 0 Å². The lowest BCUT2D eigenvalue weighted by atomic mass is 9.98. The average molecular weight is 229 g/mol. The lowest BCUT2D eigenvalue weighted by Crippen LogP contribution is -2.14. The molecule has 0 aliphatic rings. The first kappa shape index (κ1) is 12.6. The summed E-state index contributed by atoms with van der Waals surface area (Å²) in [5, 5.41) is 8.48. The van der Waals surface area contributed by atoms with Crippen LogP contribution < -0.4 is 5.73 Å². The third-order valence-electron chi connectivity index (χ3n) is 2.30. The highest BCUT2D eigenvalue weighted by Gasteiger charge is 2.17. The smallest absolute Gasteiger partial charge is 0.303 e. The molecule has 0 aliphatic carbocycles. The van der Waals surface area contributed by atoms with Gasteiger partial charge in [0.25, 0.3) is 6.43 Å². The summed E-state index contributed by atoms with van der Waals surface area (Å²) in [5.74, 6) is -0.982. The first-order valence-electron chi connectivity index (χ1n) is 4.86. The van der Waals surface area contributed by atoms with E-state index >= 15 is 0 Å². The second-order valence-electron chi connectivity index (χ2n) is 3.47. The monoisotopic (exact) mass is 229 g/mol. The Labute approximate surface area is 91.9 Å². The fourth-order valence-corrected chi connectivity index (χ4v) is 1.48. The minimum Gasteiger partial charge on any atom is -0.481 e. The second-order valence-corrected chi connectivity index (χ2v) is 3.47. The van der Waals surface area contributed by atoms with Gasteiger partial charge < -0.3 is 10.8 Å². The topological polar surface area (TPSA) is 63.3 Å². The zero-order valence-corrected chi connectivity index (χ0v) is 8.57. The van der Waals surface area contributed by atoms with Crippen LogP contribution in [0.15, 0.2) is 24.3 Å². The molecule has 0 fully saturated rings. The Morgan fingerprint density at radius 2 is 1.88 bits per heavy atom. The van der Waals surface area contributed by atoms with E-state index in [9.17, 15) is 13.6 Å². The van der Waals surface area contributed by atoms with Gasteiger partial charge in [-0.2, -0.15) is 0 Å². The van der Waals surface area contributed by atoms with Crippen molar-refractivity contribution in [2.75, 3.05) is 0 Å². The summed E-state index contributed by atoms with van der Waals surface area (Å²) >= 11 is 0. The Bertz CT molecular complexity index is 369. The Morgan fingerprint density at radius 1 is 1.31 bits per heavy atom. The number of aliphatic carboxylic acids is 1. The molecular formula is C11H13F2NO2. The fraction of sp³-hybridized carbons (Fsp3) is 0.364. The SMILES string of the molecule is NC(CCC(=O)O)c1ccccc1C(F)F. The van der Waals surface area contributed by atoms with Gasteiger partial charge in [0, 0.05) is 18.0 Å². The van der Waals surface area contributed by atoms with Gasteiger partial charge in [-0.25, -0.2) is 8.78 Å². The van der Waals surface area contributed by atoms with E-state index in [1.807, 2.05) is 0 Å². The number of carbonyl (C=O) groups is 1. The molecule has 0 spiro atoms. The van der Waals surface area contributed by atoms with Crippen molar-refractivity contribution >= 4 is 5.97 Å². The molecule has 1 atom stereocenters. The van der Waals surface area contributed by atoms with Gasteiger partial charge in [0.2, 0.25) is 0 Å². The third-order valence-corrected chi connectivity index (χ3v) is 2.30. The van der Waals surface area contributed by atoms with Crippen LogP contribution in [-0.4, -0.2) is 11.1 Å². The summed E-state index contributed by atoms with van der Waals surface area (Å²) in [6, 6.07) is 5.27. The van der Waals surface area contributed by atoms with Crippen LogP contribution in [0.1, 0.15) is 36.4 Å². The molecule has 0 saturated carbocycles. The lowest BCUT2D eigenvalue weighted by molar-refractivity contribution is -0.137. The Kier molecular flexibility index (Phi) is 4.37. The van der Waals surface area contributed by atoms with E-state index in [1.165, 1.54) is 18.2 Å². The molecule has 0 aromatic heterocycles. The quantitative estimate of drug-likeness (QED) is 0.815. The van der Waals surface area contributed by atoms with Crippen molar-refractivity contribution in [3.63, 3.8) is 0 Å². The Morgan fingerprint density at radius 3 is 2.38 bits per heavy atom. The molecular weight excluding hydrogens is 216 g/mol. The molecule has 3 N–H and O–H groups in total. The van der Waals surface area contributed by atoms with Crippen molar-refractivity contribution in [2.24, 2.45) is 5.73 Å². The zero-order valence-electron chi connectivity index (χ0n) is 8.57. The maximum atomic E-state index is 12.6. The highest BCUT2D eigenvalue weighted by atomic mass is 19.3. The zero-order chi connectivity index (χ0) is 12.1. The predicted octanol–water partition coefficient (Wildman–Crippen LogP) is 2.49. The van der Waals surface area contributed by atoms with Gasteiger partial charge in [-0.3, -0.25) is 4.79 Å². The van der Waals surface area contributed by atoms with Crippen LogP contribution in [0.3, 0.4) is 0 Å². The number of halogens is 2. The van der Waals surface area contributed by atoms with E-state index in [0.29, 0.717) is 5.56 Å². The van der Waals surface area contributed by atoms with Crippen molar-refractivity contribution < 1.29 is 18.7 Å². The van der Waals surface area contributed by atoms with E-state index in [4.69, 9.17) is 10.8 Å². The molecule has 0 aliphatic heterocycles. The van der Waals surface area contributed by atoms with Gasteiger partial charge in [-0.1, -0.05) is 24.3 Å². The van der Waals surface area contributed by atoms with Gasteiger partial charge in [0.05, 0.1) is 0 Å². The third kappa shape index (κ3) is 3.27. The molecule has 3 nitrogen and oxygen atoms in total. The van der Waals surface area contributed by atoms with E-state index < -0.39 is 18.4 Å². The number of alkyl halides is 2. The van der Waals surface area contributed by atoms with Gasteiger partial charge in [0.1, 0.15) is 0 Å².